The van der Waals surface area contributed by atoms with E-state index in [1.54, 1.807) is 23.0 Å². The van der Waals surface area contributed by atoms with Crippen LogP contribution in [0.15, 0.2) is 34.9 Å². The number of amides is 1. The molecule has 1 fully saturated rings. The van der Waals surface area contributed by atoms with Crippen molar-refractivity contribution in [1.29, 1.82) is 0 Å². The lowest BCUT2D eigenvalue weighted by atomic mass is 10.2. The third kappa shape index (κ3) is 5.47. The van der Waals surface area contributed by atoms with E-state index in [1.807, 2.05) is 6.07 Å². The number of anilines is 1. The maximum Gasteiger partial charge on any atom is 0.435 e. The molecule has 1 aliphatic rings. The average molecular weight is 551 g/mol. The van der Waals surface area contributed by atoms with Gasteiger partial charge in [0.15, 0.2) is 11.5 Å². The van der Waals surface area contributed by atoms with Gasteiger partial charge in [-0.1, -0.05) is 29.3 Å². The fourth-order valence-electron chi connectivity index (χ4n) is 3.25. The predicted octanol–water partition coefficient (Wildman–Crippen LogP) is 6.12. The van der Waals surface area contributed by atoms with Crippen LogP contribution in [0.3, 0.4) is 0 Å². The monoisotopic (exact) mass is 549 g/mol. The molecule has 4 rings (SSSR count). The van der Waals surface area contributed by atoms with E-state index in [1.165, 1.54) is 4.68 Å². The third-order valence-electron chi connectivity index (χ3n) is 4.95. The molecule has 0 atom stereocenters. The van der Waals surface area contributed by atoms with Gasteiger partial charge in [-0.3, -0.25) is 14.2 Å². The number of carbonyl (C=O) groups excluding carboxylic acids is 1. The largest absolute Gasteiger partial charge is 0.435 e. The SMILES string of the molecule is O=C(CCn1nc(C(F)(F)F)cc1C1CC1)Nc1nn(Cc2ccc(Cl)c(Cl)c2)cc1Br. The normalized spacial score (nSPS) is 14.1. The Bertz CT molecular complexity index is 1160. The van der Waals surface area contributed by atoms with Crippen LogP contribution in [0.4, 0.5) is 19.0 Å². The Morgan fingerprint density at radius 3 is 2.59 bits per heavy atom. The minimum Gasteiger partial charge on any atom is -0.308 e. The minimum atomic E-state index is -4.51. The first kappa shape index (κ1) is 23.1. The molecule has 1 aromatic carbocycles. The van der Waals surface area contributed by atoms with Crippen LogP contribution in [0.1, 0.15) is 42.1 Å². The van der Waals surface area contributed by atoms with Crippen molar-refractivity contribution in [1.82, 2.24) is 19.6 Å². The second-order valence-electron chi connectivity index (χ2n) is 7.52. The molecule has 32 heavy (non-hydrogen) atoms. The number of aryl methyl sites for hydroxylation is 1. The van der Waals surface area contributed by atoms with Gasteiger partial charge in [0.1, 0.15) is 0 Å². The first-order valence-electron chi connectivity index (χ1n) is 9.72. The number of halogens is 6. The van der Waals surface area contributed by atoms with Crippen molar-refractivity contribution in [2.75, 3.05) is 5.32 Å². The smallest absolute Gasteiger partial charge is 0.308 e. The number of benzene rings is 1. The van der Waals surface area contributed by atoms with Gasteiger partial charge in [-0.15, -0.1) is 0 Å². The number of nitrogens with zero attached hydrogens (tertiary/aromatic N) is 4. The average Bonchev–Trinajstić information content (AvgIpc) is 3.36. The molecule has 0 saturated heterocycles. The van der Waals surface area contributed by atoms with Crippen molar-refractivity contribution in [2.24, 2.45) is 0 Å². The maximum atomic E-state index is 13.0. The van der Waals surface area contributed by atoms with Gasteiger partial charge in [0.05, 0.1) is 21.1 Å². The topological polar surface area (TPSA) is 64.7 Å². The molecule has 0 spiro atoms. The lowest BCUT2D eigenvalue weighted by Crippen LogP contribution is -2.17. The summed E-state index contributed by atoms with van der Waals surface area (Å²) in [6.45, 7) is 0.457. The summed E-state index contributed by atoms with van der Waals surface area (Å²) in [6.07, 6.45) is -1.18. The van der Waals surface area contributed by atoms with E-state index in [0.29, 0.717) is 32.6 Å². The van der Waals surface area contributed by atoms with Gasteiger partial charge >= 0.3 is 6.18 Å². The Morgan fingerprint density at radius 1 is 1.19 bits per heavy atom. The summed E-state index contributed by atoms with van der Waals surface area (Å²) in [5, 5.41) is 11.6. The molecular formula is C20H17BrCl2F3N5O. The van der Waals surface area contributed by atoms with Crippen LogP contribution in [-0.4, -0.2) is 25.5 Å². The molecule has 0 unspecified atom stereocenters. The first-order chi connectivity index (χ1) is 15.1. The van der Waals surface area contributed by atoms with Gasteiger partial charge in [-0.25, -0.2) is 0 Å². The fraction of sp³-hybridized carbons (Fsp3) is 0.350. The van der Waals surface area contributed by atoms with E-state index in [-0.39, 0.29) is 24.8 Å². The molecule has 1 amide bonds. The van der Waals surface area contributed by atoms with Gasteiger partial charge in [-0.05, 0) is 52.5 Å². The molecule has 2 aromatic heterocycles. The van der Waals surface area contributed by atoms with E-state index in [9.17, 15) is 18.0 Å². The van der Waals surface area contributed by atoms with Gasteiger partial charge < -0.3 is 5.32 Å². The number of hydrogen-bond acceptors (Lipinski definition) is 3. The summed E-state index contributed by atoms with van der Waals surface area (Å²) in [5.41, 5.74) is 0.472. The lowest BCUT2D eigenvalue weighted by Gasteiger charge is -2.07. The van der Waals surface area contributed by atoms with Crippen molar-refractivity contribution in [3.05, 3.63) is 61.9 Å². The molecule has 1 N–H and O–H groups in total. The zero-order valence-corrected chi connectivity index (χ0v) is 19.6. The van der Waals surface area contributed by atoms with Crippen LogP contribution in [0.2, 0.25) is 10.0 Å². The van der Waals surface area contributed by atoms with E-state index >= 15 is 0 Å². The highest BCUT2D eigenvalue weighted by Crippen LogP contribution is 2.42. The van der Waals surface area contributed by atoms with E-state index in [2.05, 4.69) is 31.4 Å². The summed E-state index contributed by atoms with van der Waals surface area (Å²) in [6, 6.07) is 6.32. The zero-order chi connectivity index (χ0) is 23.0. The standard InChI is InChI=1S/C20H17BrCl2F3N5O/c21-13-10-30(9-11-1-4-14(22)15(23)7-11)29-19(13)27-18(32)5-6-31-16(12-2-3-12)8-17(28-31)20(24,25)26/h1,4,7-8,10,12H,2-3,5-6,9H2,(H,27,29,32). The van der Waals surface area contributed by atoms with Gasteiger partial charge in [0.2, 0.25) is 5.91 Å². The molecule has 1 aliphatic carbocycles. The highest BCUT2D eigenvalue weighted by atomic mass is 79.9. The molecule has 0 bridgehead atoms. The zero-order valence-electron chi connectivity index (χ0n) is 16.5. The molecule has 1 saturated carbocycles. The first-order valence-corrected chi connectivity index (χ1v) is 11.3. The van der Waals surface area contributed by atoms with Crippen LogP contribution in [-0.2, 0) is 24.1 Å². The Hall–Kier alpha value is -2.04. The number of aromatic nitrogens is 4. The van der Waals surface area contributed by atoms with Crippen molar-refractivity contribution in [3.8, 4) is 0 Å². The van der Waals surface area contributed by atoms with Gasteiger partial charge in [0, 0.05) is 30.8 Å². The van der Waals surface area contributed by atoms with Crippen molar-refractivity contribution < 1.29 is 18.0 Å². The quantitative estimate of drug-likeness (QED) is 0.385. The van der Waals surface area contributed by atoms with E-state index in [0.717, 1.165) is 24.5 Å². The fourth-order valence-corrected chi connectivity index (χ4v) is 3.98. The summed E-state index contributed by atoms with van der Waals surface area (Å²) in [4.78, 5) is 12.4. The van der Waals surface area contributed by atoms with Crippen LogP contribution in [0.5, 0.6) is 0 Å². The molecular weight excluding hydrogens is 534 g/mol. The van der Waals surface area contributed by atoms with Gasteiger partial charge in [-0.2, -0.15) is 23.4 Å². The third-order valence-corrected chi connectivity index (χ3v) is 6.27. The van der Waals surface area contributed by atoms with Crippen LogP contribution in [0, 0.1) is 0 Å². The molecule has 2 heterocycles. The van der Waals surface area contributed by atoms with Crippen LogP contribution in [0.25, 0.3) is 0 Å². The molecule has 0 radical (unpaired) electrons. The molecule has 12 heteroatoms. The second-order valence-corrected chi connectivity index (χ2v) is 9.19. The van der Waals surface area contributed by atoms with E-state index in [4.69, 9.17) is 23.2 Å². The molecule has 0 aliphatic heterocycles. The van der Waals surface area contributed by atoms with Crippen molar-refractivity contribution >= 4 is 50.9 Å². The van der Waals surface area contributed by atoms with Crippen molar-refractivity contribution in [2.45, 2.75) is 44.4 Å². The number of hydrogen-bond donors (Lipinski definition) is 1. The maximum absolute atomic E-state index is 13.0. The molecule has 3 aromatic rings. The number of carbonyl (C=O) groups is 1. The number of nitrogens with one attached hydrogen (secondary N) is 1. The Kier molecular flexibility index (Phi) is 6.56. The highest BCUT2D eigenvalue weighted by Gasteiger charge is 2.37. The van der Waals surface area contributed by atoms with Gasteiger partial charge in [0.25, 0.3) is 0 Å². The summed E-state index contributed by atoms with van der Waals surface area (Å²) >= 11 is 15.3. The van der Waals surface area contributed by atoms with Crippen LogP contribution >= 0.6 is 39.1 Å². The molecule has 6 nitrogen and oxygen atoms in total. The molecule has 170 valence electrons. The predicted molar refractivity (Wildman–Crippen MR) is 118 cm³/mol. The summed E-state index contributed by atoms with van der Waals surface area (Å²) < 4.78 is 42.5. The minimum absolute atomic E-state index is 0.0369. The Morgan fingerprint density at radius 2 is 1.94 bits per heavy atom. The Labute approximate surface area is 199 Å². The lowest BCUT2D eigenvalue weighted by molar-refractivity contribution is -0.141. The number of rotatable bonds is 7. The van der Waals surface area contributed by atoms with Crippen LogP contribution < -0.4 is 5.32 Å². The summed E-state index contributed by atoms with van der Waals surface area (Å²) in [7, 11) is 0. The van der Waals surface area contributed by atoms with Crippen molar-refractivity contribution in [3.63, 3.8) is 0 Å². The second kappa shape index (κ2) is 9.07. The van der Waals surface area contributed by atoms with E-state index < -0.39 is 11.9 Å². The summed E-state index contributed by atoms with van der Waals surface area (Å²) in [5.74, 6) is 0.0121. The Balaban J connectivity index is 1.38. The highest BCUT2D eigenvalue weighted by molar-refractivity contribution is 9.10. The number of alkyl halides is 3.